The maximum absolute atomic E-state index is 12.6. The number of amides is 3. The van der Waals surface area contributed by atoms with Gasteiger partial charge < -0.3 is 15.1 Å². The molecule has 0 radical (unpaired) electrons. The first-order valence-electron chi connectivity index (χ1n) is 8.28. The zero-order valence-electron chi connectivity index (χ0n) is 14.5. The Kier molecular flexibility index (Phi) is 6.09. The summed E-state index contributed by atoms with van der Waals surface area (Å²) in [4.78, 5) is 32.1. The van der Waals surface area contributed by atoms with Gasteiger partial charge in [0.15, 0.2) is 0 Å². The fourth-order valence-corrected chi connectivity index (χ4v) is 3.55. The molecule has 27 heavy (non-hydrogen) atoms. The van der Waals surface area contributed by atoms with Gasteiger partial charge >= 0.3 is 6.03 Å². The van der Waals surface area contributed by atoms with Crippen LogP contribution in [0.25, 0.3) is 0 Å². The number of carbonyl (C=O) groups is 2. The van der Waals surface area contributed by atoms with E-state index in [4.69, 9.17) is 34.8 Å². The predicted octanol–water partition coefficient (Wildman–Crippen LogP) is 4.62. The number of nitrogens with zero attached hydrogens (tertiary/aromatic N) is 3. The third-order valence-electron chi connectivity index (χ3n) is 4.30. The van der Waals surface area contributed by atoms with Crippen molar-refractivity contribution in [3.8, 4) is 0 Å². The van der Waals surface area contributed by atoms with Crippen molar-refractivity contribution in [2.75, 3.05) is 29.9 Å². The summed E-state index contributed by atoms with van der Waals surface area (Å²) in [6.07, 6.45) is 3.04. The van der Waals surface area contributed by atoms with Crippen LogP contribution < -0.4 is 10.2 Å². The van der Waals surface area contributed by atoms with Gasteiger partial charge in [-0.2, -0.15) is 0 Å². The molecular formula is C18H17Cl3N4O2. The number of aromatic nitrogens is 1. The van der Waals surface area contributed by atoms with E-state index in [0.29, 0.717) is 39.5 Å². The van der Waals surface area contributed by atoms with Crippen LogP contribution >= 0.6 is 34.8 Å². The third kappa shape index (κ3) is 4.46. The molecule has 142 valence electrons. The lowest BCUT2D eigenvalue weighted by molar-refractivity contribution is -0.118. The monoisotopic (exact) mass is 426 g/mol. The van der Waals surface area contributed by atoms with Crippen molar-refractivity contribution in [3.05, 3.63) is 51.2 Å². The summed E-state index contributed by atoms with van der Waals surface area (Å²) in [7, 11) is 0. The predicted molar refractivity (Wildman–Crippen MR) is 108 cm³/mol. The molecule has 6 nitrogen and oxygen atoms in total. The van der Waals surface area contributed by atoms with Crippen molar-refractivity contribution >= 4 is 58.1 Å². The maximum Gasteiger partial charge on any atom is 0.321 e. The van der Waals surface area contributed by atoms with Crippen LogP contribution in [0.3, 0.4) is 0 Å². The Labute approximate surface area is 172 Å². The highest BCUT2D eigenvalue weighted by atomic mass is 35.5. The molecule has 1 aromatic heterocycles. The molecule has 0 saturated carbocycles. The van der Waals surface area contributed by atoms with Crippen LogP contribution in [-0.4, -0.2) is 41.5 Å². The quantitative estimate of drug-likeness (QED) is 0.760. The molecule has 2 aromatic rings. The first-order valence-corrected chi connectivity index (χ1v) is 9.41. The van der Waals surface area contributed by atoms with Gasteiger partial charge in [0, 0.05) is 49.2 Å². The second-order valence-electron chi connectivity index (χ2n) is 6.13. The van der Waals surface area contributed by atoms with Crippen LogP contribution in [0, 0.1) is 6.92 Å². The molecule has 0 spiro atoms. The van der Waals surface area contributed by atoms with Gasteiger partial charge in [-0.15, -0.1) is 0 Å². The Morgan fingerprint density at radius 3 is 2.44 bits per heavy atom. The molecule has 2 heterocycles. The lowest BCUT2D eigenvalue weighted by atomic mass is 10.2. The Bertz CT molecular complexity index is 871. The molecular weight excluding hydrogens is 411 g/mol. The maximum atomic E-state index is 12.6. The van der Waals surface area contributed by atoms with Gasteiger partial charge in [0.2, 0.25) is 5.91 Å². The Morgan fingerprint density at radius 2 is 1.78 bits per heavy atom. The molecule has 0 aliphatic carbocycles. The van der Waals surface area contributed by atoms with Crippen molar-refractivity contribution in [1.29, 1.82) is 0 Å². The molecule has 1 aliphatic heterocycles. The summed E-state index contributed by atoms with van der Waals surface area (Å²) >= 11 is 18.4. The highest BCUT2D eigenvalue weighted by Crippen LogP contribution is 2.33. The Hall–Kier alpha value is -2.02. The molecule has 0 atom stereocenters. The first-order chi connectivity index (χ1) is 12.9. The second kappa shape index (κ2) is 8.33. The molecule has 0 unspecified atom stereocenters. The zero-order valence-corrected chi connectivity index (χ0v) is 16.8. The number of carbonyl (C=O) groups excluding carboxylic acids is 2. The number of anilines is 2. The number of halogens is 3. The SMILES string of the molecule is Cc1ccc(NC(=O)N2CCC(=O)N(c3c(Cl)cncc3Cl)CC2)cc1Cl. The number of nitrogens with one attached hydrogen (secondary N) is 1. The van der Waals surface area contributed by atoms with Gasteiger partial charge in [0.25, 0.3) is 0 Å². The molecule has 3 rings (SSSR count). The molecule has 0 bridgehead atoms. The molecule has 9 heteroatoms. The summed E-state index contributed by atoms with van der Waals surface area (Å²) in [5.74, 6) is -0.154. The molecule has 1 aromatic carbocycles. The van der Waals surface area contributed by atoms with E-state index in [9.17, 15) is 9.59 Å². The van der Waals surface area contributed by atoms with E-state index in [1.807, 2.05) is 13.0 Å². The van der Waals surface area contributed by atoms with E-state index >= 15 is 0 Å². The van der Waals surface area contributed by atoms with Crippen molar-refractivity contribution in [1.82, 2.24) is 9.88 Å². The van der Waals surface area contributed by atoms with Crippen LogP contribution in [-0.2, 0) is 4.79 Å². The van der Waals surface area contributed by atoms with E-state index < -0.39 is 0 Å². The standard InChI is InChI=1S/C18H17Cl3N4O2/c1-11-2-3-12(8-13(11)19)23-18(27)24-5-4-16(26)25(7-6-24)17-14(20)9-22-10-15(17)21/h2-3,8-10H,4-7H2,1H3,(H,23,27). The van der Waals surface area contributed by atoms with Crippen LogP contribution in [0.1, 0.15) is 12.0 Å². The number of hydrogen-bond acceptors (Lipinski definition) is 3. The van der Waals surface area contributed by atoms with Gasteiger partial charge in [-0.25, -0.2) is 4.79 Å². The van der Waals surface area contributed by atoms with Gasteiger partial charge in [0.1, 0.15) is 0 Å². The lowest BCUT2D eigenvalue weighted by Crippen LogP contribution is -2.38. The number of urea groups is 1. The average molecular weight is 428 g/mol. The molecule has 1 aliphatic rings. The van der Waals surface area contributed by atoms with E-state index in [0.717, 1.165) is 5.56 Å². The van der Waals surface area contributed by atoms with Crippen LogP contribution in [0.5, 0.6) is 0 Å². The lowest BCUT2D eigenvalue weighted by Gasteiger charge is -2.24. The number of aryl methyl sites for hydroxylation is 1. The van der Waals surface area contributed by atoms with E-state index in [1.54, 1.807) is 17.0 Å². The fraction of sp³-hybridized carbons (Fsp3) is 0.278. The number of rotatable bonds is 2. The van der Waals surface area contributed by atoms with E-state index in [1.165, 1.54) is 17.3 Å². The summed E-state index contributed by atoms with van der Waals surface area (Å²) in [5.41, 5.74) is 1.95. The minimum absolute atomic E-state index is 0.154. The number of pyridine rings is 1. The summed E-state index contributed by atoms with van der Waals surface area (Å²) in [6.45, 7) is 2.80. The molecule has 1 fully saturated rings. The van der Waals surface area contributed by atoms with Crippen molar-refractivity contribution in [2.24, 2.45) is 0 Å². The highest BCUT2D eigenvalue weighted by molar-refractivity contribution is 6.39. The first kappa shape index (κ1) is 19.7. The zero-order chi connectivity index (χ0) is 19.6. The van der Waals surface area contributed by atoms with Crippen LogP contribution in [0.4, 0.5) is 16.2 Å². The van der Waals surface area contributed by atoms with E-state index in [2.05, 4.69) is 10.3 Å². The largest absolute Gasteiger partial charge is 0.322 e. The Balaban J connectivity index is 1.72. The van der Waals surface area contributed by atoms with Gasteiger partial charge in [-0.3, -0.25) is 9.78 Å². The molecule has 1 saturated heterocycles. The number of benzene rings is 1. The van der Waals surface area contributed by atoms with Gasteiger partial charge in [-0.05, 0) is 24.6 Å². The van der Waals surface area contributed by atoms with Crippen molar-refractivity contribution < 1.29 is 9.59 Å². The molecule has 1 N–H and O–H groups in total. The highest BCUT2D eigenvalue weighted by Gasteiger charge is 2.27. The number of hydrogen-bond donors (Lipinski definition) is 1. The topological polar surface area (TPSA) is 65.5 Å². The fourth-order valence-electron chi connectivity index (χ4n) is 2.80. The molecule has 3 amide bonds. The summed E-state index contributed by atoms with van der Waals surface area (Å²) in [5, 5.41) is 3.98. The van der Waals surface area contributed by atoms with Crippen molar-refractivity contribution in [2.45, 2.75) is 13.3 Å². The summed E-state index contributed by atoms with van der Waals surface area (Å²) < 4.78 is 0. The van der Waals surface area contributed by atoms with Gasteiger partial charge in [0.05, 0.1) is 15.7 Å². The van der Waals surface area contributed by atoms with Gasteiger partial charge in [-0.1, -0.05) is 40.9 Å². The minimum Gasteiger partial charge on any atom is -0.322 e. The van der Waals surface area contributed by atoms with Crippen molar-refractivity contribution in [3.63, 3.8) is 0 Å². The van der Waals surface area contributed by atoms with Crippen LogP contribution in [0.2, 0.25) is 15.1 Å². The normalized spacial score (nSPS) is 14.9. The minimum atomic E-state index is -0.295. The average Bonchev–Trinajstić information content (AvgIpc) is 2.80. The van der Waals surface area contributed by atoms with Crippen LogP contribution in [0.15, 0.2) is 30.6 Å². The summed E-state index contributed by atoms with van der Waals surface area (Å²) in [6, 6.07) is 5.02. The Morgan fingerprint density at radius 1 is 1.07 bits per heavy atom. The van der Waals surface area contributed by atoms with E-state index in [-0.39, 0.29) is 24.9 Å². The second-order valence-corrected chi connectivity index (χ2v) is 7.35. The smallest absolute Gasteiger partial charge is 0.321 e. The third-order valence-corrected chi connectivity index (χ3v) is 5.26.